The quantitative estimate of drug-likeness (QED) is 0.686. The van der Waals surface area contributed by atoms with Gasteiger partial charge in [-0.1, -0.05) is 12.1 Å². The molecular weight excluding hydrogens is 302 g/mol. The number of hydrogen-bond donors (Lipinski definition) is 1. The fourth-order valence-corrected chi connectivity index (χ4v) is 2.70. The summed E-state index contributed by atoms with van der Waals surface area (Å²) in [7, 11) is 0. The number of aliphatic hydroxyl groups excluding tert-OH is 1. The smallest absolute Gasteiger partial charge is 0.283 e. The molecule has 6 heteroatoms. The molecule has 98 valence electrons. The van der Waals surface area contributed by atoms with E-state index in [0.717, 1.165) is 5.56 Å². The van der Waals surface area contributed by atoms with Crippen LogP contribution in [-0.2, 0) is 11.2 Å². The van der Waals surface area contributed by atoms with Gasteiger partial charge in [0.15, 0.2) is 0 Å². The van der Waals surface area contributed by atoms with Crippen LogP contribution in [0.15, 0.2) is 22.7 Å². The van der Waals surface area contributed by atoms with E-state index in [-0.39, 0.29) is 11.6 Å². The van der Waals surface area contributed by atoms with E-state index in [0.29, 0.717) is 30.5 Å². The van der Waals surface area contributed by atoms with Crippen LogP contribution in [0, 0.1) is 16.0 Å². The monoisotopic (exact) mass is 315 g/mol. The van der Waals surface area contributed by atoms with Crippen molar-refractivity contribution in [3.05, 3.63) is 38.3 Å². The minimum Gasteiger partial charge on any atom is -0.393 e. The number of nitrogens with zero attached hydrogens (tertiary/aromatic N) is 1. The summed E-state index contributed by atoms with van der Waals surface area (Å²) in [4.78, 5) is 10.4. The van der Waals surface area contributed by atoms with Gasteiger partial charge in [0.05, 0.1) is 22.1 Å². The molecule has 1 saturated heterocycles. The molecule has 1 aromatic rings. The zero-order chi connectivity index (χ0) is 13.1. The van der Waals surface area contributed by atoms with Gasteiger partial charge in [0, 0.05) is 18.6 Å². The van der Waals surface area contributed by atoms with Crippen molar-refractivity contribution < 1.29 is 14.8 Å². The molecule has 0 amide bonds. The zero-order valence-corrected chi connectivity index (χ0v) is 11.3. The molecule has 2 atom stereocenters. The van der Waals surface area contributed by atoms with E-state index < -0.39 is 11.0 Å². The first-order valence-corrected chi connectivity index (χ1v) is 6.56. The summed E-state index contributed by atoms with van der Waals surface area (Å²) in [6, 6.07) is 4.95. The summed E-state index contributed by atoms with van der Waals surface area (Å²) in [5.74, 6) is -0.00273. The molecule has 1 fully saturated rings. The van der Waals surface area contributed by atoms with Crippen LogP contribution in [0.2, 0.25) is 0 Å². The van der Waals surface area contributed by atoms with Crippen LogP contribution in [0.1, 0.15) is 12.0 Å². The normalized spacial score (nSPS) is 23.9. The van der Waals surface area contributed by atoms with Crippen LogP contribution < -0.4 is 0 Å². The third-order valence-corrected chi connectivity index (χ3v) is 4.09. The maximum atomic E-state index is 10.8. The van der Waals surface area contributed by atoms with Crippen LogP contribution >= 0.6 is 15.9 Å². The fraction of sp³-hybridized carbons (Fsp3) is 0.500. The molecule has 1 aromatic carbocycles. The Morgan fingerprint density at radius 2 is 2.33 bits per heavy atom. The van der Waals surface area contributed by atoms with Gasteiger partial charge in [-0.2, -0.15) is 0 Å². The Kier molecular flexibility index (Phi) is 4.31. The van der Waals surface area contributed by atoms with E-state index in [4.69, 9.17) is 4.74 Å². The molecule has 1 aliphatic heterocycles. The van der Waals surface area contributed by atoms with E-state index >= 15 is 0 Å². The summed E-state index contributed by atoms with van der Waals surface area (Å²) >= 11 is 3.26. The number of ether oxygens (including phenoxy) is 1. The number of nitro groups is 1. The predicted molar refractivity (Wildman–Crippen MR) is 69.4 cm³/mol. The minimum absolute atomic E-state index is 0.00273. The molecule has 0 spiro atoms. The molecule has 2 unspecified atom stereocenters. The van der Waals surface area contributed by atoms with Crippen molar-refractivity contribution in [3.8, 4) is 0 Å². The van der Waals surface area contributed by atoms with Crippen molar-refractivity contribution >= 4 is 21.6 Å². The third-order valence-electron chi connectivity index (χ3n) is 3.17. The average molecular weight is 316 g/mol. The maximum Gasteiger partial charge on any atom is 0.283 e. The number of halogens is 1. The molecule has 0 aliphatic carbocycles. The summed E-state index contributed by atoms with van der Waals surface area (Å²) in [5.41, 5.74) is 0.887. The Labute approximate surface area is 113 Å². The summed E-state index contributed by atoms with van der Waals surface area (Å²) in [5, 5.41) is 20.7. The van der Waals surface area contributed by atoms with Crippen LogP contribution in [-0.4, -0.2) is 29.3 Å². The first-order chi connectivity index (χ1) is 8.59. The minimum atomic E-state index is -0.415. The average Bonchev–Trinajstić information content (AvgIpc) is 2.34. The highest BCUT2D eigenvalue weighted by molar-refractivity contribution is 9.10. The highest BCUT2D eigenvalue weighted by atomic mass is 79.9. The molecule has 0 saturated carbocycles. The number of hydrogen-bond acceptors (Lipinski definition) is 4. The van der Waals surface area contributed by atoms with E-state index in [9.17, 15) is 15.2 Å². The summed E-state index contributed by atoms with van der Waals surface area (Å²) < 4.78 is 5.83. The highest BCUT2D eigenvalue weighted by Gasteiger charge is 2.26. The van der Waals surface area contributed by atoms with Crippen molar-refractivity contribution in [1.29, 1.82) is 0 Å². The van der Waals surface area contributed by atoms with E-state index in [1.807, 2.05) is 6.07 Å². The van der Waals surface area contributed by atoms with Gasteiger partial charge in [-0.15, -0.1) is 0 Å². The molecule has 1 aliphatic rings. The molecule has 1 N–H and O–H groups in total. The van der Waals surface area contributed by atoms with Crippen LogP contribution in [0.25, 0.3) is 0 Å². The van der Waals surface area contributed by atoms with Gasteiger partial charge in [-0.3, -0.25) is 10.1 Å². The summed E-state index contributed by atoms with van der Waals surface area (Å²) in [6.45, 7) is 1.07. The molecule has 0 aromatic heterocycles. The Hall–Kier alpha value is -0.980. The predicted octanol–water partition coefficient (Wildman–Crippen LogP) is 2.30. The summed E-state index contributed by atoms with van der Waals surface area (Å²) in [6.07, 6.45) is 0.797. The van der Waals surface area contributed by atoms with Crippen molar-refractivity contribution in [2.24, 2.45) is 5.92 Å². The lowest BCUT2D eigenvalue weighted by Gasteiger charge is -2.27. The Morgan fingerprint density at radius 1 is 1.56 bits per heavy atom. The molecule has 5 nitrogen and oxygen atoms in total. The van der Waals surface area contributed by atoms with Crippen LogP contribution in [0.5, 0.6) is 0 Å². The van der Waals surface area contributed by atoms with Crippen molar-refractivity contribution in [2.75, 3.05) is 13.2 Å². The van der Waals surface area contributed by atoms with E-state index in [1.165, 1.54) is 6.07 Å². The Morgan fingerprint density at radius 3 is 3.00 bits per heavy atom. The second kappa shape index (κ2) is 5.77. The molecule has 0 bridgehead atoms. The second-order valence-corrected chi connectivity index (χ2v) is 5.20. The van der Waals surface area contributed by atoms with Crippen molar-refractivity contribution in [2.45, 2.75) is 18.9 Å². The van der Waals surface area contributed by atoms with E-state index in [2.05, 4.69) is 15.9 Å². The van der Waals surface area contributed by atoms with E-state index in [1.54, 1.807) is 6.07 Å². The van der Waals surface area contributed by atoms with Gasteiger partial charge in [-0.05, 0) is 34.3 Å². The lowest BCUT2D eigenvalue weighted by atomic mass is 9.91. The van der Waals surface area contributed by atoms with Crippen molar-refractivity contribution in [3.63, 3.8) is 0 Å². The number of benzene rings is 1. The Balaban J connectivity index is 2.18. The van der Waals surface area contributed by atoms with Crippen LogP contribution in [0.3, 0.4) is 0 Å². The van der Waals surface area contributed by atoms with Gasteiger partial charge in [0.2, 0.25) is 0 Å². The SMILES string of the molecule is O=[N+]([O-])c1cccc(CC2COCCC2O)c1Br. The standard InChI is InChI=1S/C12H14BrNO4/c13-12-8(2-1-3-10(12)14(16)17)6-9-7-18-5-4-11(9)15/h1-3,9,11,15H,4-7H2. The van der Waals surface area contributed by atoms with Gasteiger partial charge < -0.3 is 9.84 Å². The first kappa shape index (κ1) is 13.5. The molecule has 2 rings (SSSR count). The molecule has 1 heterocycles. The number of aliphatic hydroxyl groups is 1. The van der Waals surface area contributed by atoms with Gasteiger partial charge >= 0.3 is 0 Å². The first-order valence-electron chi connectivity index (χ1n) is 5.77. The van der Waals surface area contributed by atoms with Crippen molar-refractivity contribution in [1.82, 2.24) is 0 Å². The molecular formula is C12H14BrNO4. The third kappa shape index (κ3) is 2.88. The largest absolute Gasteiger partial charge is 0.393 e. The second-order valence-electron chi connectivity index (χ2n) is 4.40. The molecule has 18 heavy (non-hydrogen) atoms. The lowest BCUT2D eigenvalue weighted by Crippen LogP contribution is -2.33. The van der Waals surface area contributed by atoms with Gasteiger partial charge in [-0.25, -0.2) is 0 Å². The number of rotatable bonds is 3. The zero-order valence-electron chi connectivity index (χ0n) is 9.71. The van der Waals surface area contributed by atoms with Crippen LogP contribution in [0.4, 0.5) is 5.69 Å². The maximum absolute atomic E-state index is 10.8. The van der Waals surface area contributed by atoms with Gasteiger partial charge in [0.1, 0.15) is 0 Å². The Bertz CT molecular complexity index is 452. The fourth-order valence-electron chi connectivity index (χ4n) is 2.13. The lowest BCUT2D eigenvalue weighted by molar-refractivity contribution is -0.385. The molecule has 0 radical (unpaired) electrons. The van der Waals surface area contributed by atoms with Gasteiger partial charge in [0.25, 0.3) is 5.69 Å². The topological polar surface area (TPSA) is 72.6 Å². The highest BCUT2D eigenvalue weighted by Crippen LogP contribution is 2.31. The number of nitro benzene ring substituents is 1.